The van der Waals surface area contributed by atoms with Gasteiger partial charge >= 0.3 is 6.03 Å². The number of aryl methyl sites for hydroxylation is 1. The Morgan fingerprint density at radius 3 is 2.85 bits per heavy atom. The Kier molecular flexibility index (Phi) is 3.54. The molecule has 26 heavy (non-hydrogen) atoms. The van der Waals surface area contributed by atoms with Crippen molar-refractivity contribution in [2.45, 2.75) is 31.2 Å². The lowest BCUT2D eigenvalue weighted by Crippen LogP contribution is -2.54. The minimum Gasteiger partial charge on any atom is -0.327 e. The van der Waals surface area contributed by atoms with Crippen LogP contribution < -0.4 is 5.32 Å². The van der Waals surface area contributed by atoms with Gasteiger partial charge in [-0.05, 0) is 42.5 Å². The molecule has 0 saturated carbocycles. The summed E-state index contributed by atoms with van der Waals surface area (Å²) in [4.78, 5) is 17.7. The third-order valence-electron chi connectivity index (χ3n) is 5.51. The summed E-state index contributed by atoms with van der Waals surface area (Å²) in [5.41, 5.74) is 4.08. The maximum Gasteiger partial charge on any atom is 0.327 e. The topological polar surface area (TPSA) is 46.9 Å². The summed E-state index contributed by atoms with van der Waals surface area (Å²) in [6.45, 7) is 0. The predicted octanol–water partition coefficient (Wildman–Crippen LogP) is 4.66. The molecule has 2 aliphatic rings. The number of rotatable bonds is 1. The first-order valence-electron chi connectivity index (χ1n) is 8.90. The molecule has 0 bridgehead atoms. The van der Waals surface area contributed by atoms with Gasteiger partial charge in [-0.25, -0.2) is 9.78 Å². The lowest BCUT2D eigenvalue weighted by atomic mass is 9.74. The second-order valence-corrected chi connectivity index (χ2v) is 8.04. The fourth-order valence-electron chi connectivity index (χ4n) is 4.31. The van der Waals surface area contributed by atoms with Crippen molar-refractivity contribution in [2.24, 2.45) is 0 Å². The zero-order valence-corrected chi connectivity index (χ0v) is 15.8. The van der Waals surface area contributed by atoms with Crippen molar-refractivity contribution < 1.29 is 4.79 Å². The van der Waals surface area contributed by atoms with E-state index in [2.05, 4.69) is 39.4 Å². The molecule has 1 aliphatic carbocycles. The Hall–Kier alpha value is -2.40. The molecule has 0 saturated heterocycles. The highest BCUT2D eigenvalue weighted by Crippen LogP contribution is 2.41. The minimum atomic E-state index is -0.347. The van der Waals surface area contributed by atoms with Crippen LogP contribution in [-0.2, 0) is 18.4 Å². The number of imidazole rings is 1. The van der Waals surface area contributed by atoms with Crippen molar-refractivity contribution >= 4 is 22.0 Å². The van der Waals surface area contributed by atoms with E-state index in [0.29, 0.717) is 0 Å². The molecule has 5 rings (SSSR count). The van der Waals surface area contributed by atoms with E-state index in [-0.39, 0.29) is 11.6 Å². The fourth-order valence-corrected chi connectivity index (χ4v) is 4.72. The molecule has 130 valence electrons. The molecule has 1 aromatic heterocycles. The number of carbonyl (C=O) groups excluding carboxylic acids is 1. The number of carbonyl (C=O) groups is 1. The Morgan fingerprint density at radius 2 is 2.00 bits per heavy atom. The van der Waals surface area contributed by atoms with Crippen LogP contribution in [-0.4, -0.2) is 15.6 Å². The Labute approximate surface area is 160 Å². The monoisotopic (exact) mass is 407 g/mol. The maximum atomic E-state index is 12.9. The fraction of sp³-hybridized carbons (Fsp3) is 0.238. The maximum absolute atomic E-state index is 12.9. The highest BCUT2D eigenvalue weighted by atomic mass is 79.9. The van der Waals surface area contributed by atoms with Gasteiger partial charge in [0.2, 0.25) is 0 Å². The van der Waals surface area contributed by atoms with Crippen molar-refractivity contribution in [3.63, 3.8) is 0 Å². The van der Waals surface area contributed by atoms with Gasteiger partial charge in [0.25, 0.3) is 0 Å². The Balaban J connectivity index is 1.60. The zero-order chi connectivity index (χ0) is 17.7. The number of hydrogen-bond acceptors (Lipinski definition) is 2. The summed E-state index contributed by atoms with van der Waals surface area (Å²) in [6, 6.07) is 16.3. The van der Waals surface area contributed by atoms with Crippen LogP contribution in [0.3, 0.4) is 0 Å². The van der Waals surface area contributed by atoms with E-state index < -0.39 is 0 Å². The molecule has 0 fully saturated rings. The number of nitrogens with one attached hydrogen (secondary N) is 1. The van der Waals surface area contributed by atoms with E-state index in [4.69, 9.17) is 4.98 Å². The zero-order valence-electron chi connectivity index (χ0n) is 14.2. The molecular formula is C21H18BrN3O. The molecule has 1 N–H and O–H groups in total. The SMILES string of the molecule is O=C1N[C@@]2(CCCc3cc(Br)ccc32)Cc2nc(-c3ccccc3)cn21. The van der Waals surface area contributed by atoms with Crippen molar-refractivity contribution in [3.8, 4) is 11.3 Å². The van der Waals surface area contributed by atoms with Gasteiger partial charge in [0.1, 0.15) is 5.82 Å². The van der Waals surface area contributed by atoms with Crippen LogP contribution in [0.4, 0.5) is 4.79 Å². The first-order chi connectivity index (χ1) is 12.6. The molecule has 2 heterocycles. The third-order valence-corrected chi connectivity index (χ3v) is 6.00. The van der Waals surface area contributed by atoms with Crippen LogP contribution in [0.15, 0.2) is 59.2 Å². The van der Waals surface area contributed by atoms with E-state index in [1.54, 1.807) is 4.57 Å². The van der Waals surface area contributed by atoms with E-state index in [0.717, 1.165) is 47.2 Å². The number of benzene rings is 2. The molecule has 2 aromatic carbocycles. The van der Waals surface area contributed by atoms with Gasteiger partial charge in [0.05, 0.1) is 11.2 Å². The molecule has 1 aliphatic heterocycles. The number of halogens is 1. The minimum absolute atomic E-state index is 0.0864. The lowest BCUT2D eigenvalue weighted by molar-refractivity contribution is 0.204. The van der Waals surface area contributed by atoms with Gasteiger partial charge in [-0.15, -0.1) is 0 Å². The summed E-state index contributed by atoms with van der Waals surface area (Å²) in [6.07, 6.45) is 5.63. The quantitative estimate of drug-likeness (QED) is 0.637. The number of fused-ring (bicyclic) bond motifs is 3. The Morgan fingerprint density at radius 1 is 1.15 bits per heavy atom. The number of aromatic nitrogens is 2. The molecular weight excluding hydrogens is 390 g/mol. The van der Waals surface area contributed by atoms with Crippen molar-refractivity contribution in [1.82, 2.24) is 14.9 Å². The normalized spacial score (nSPS) is 21.2. The molecule has 4 nitrogen and oxygen atoms in total. The number of amides is 1. The molecule has 0 radical (unpaired) electrons. The third kappa shape index (κ3) is 2.42. The molecule has 1 atom stereocenters. The van der Waals surface area contributed by atoms with Crippen LogP contribution >= 0.6 is 15.9 Å². The summed E-state index contributed by atoms with van der Waals surface area (Å²) < 4.78 is 2.75. The van der Waals surface area contributed by atoms with E-state index in [1.807, 2.05) is 36.5 Å². The standard InChI is InChI=1S/C21H18BrN3O/c22-16-8-9-17-15(11-16)7-4-10-21(17)12-19-23-18(13-25(19)20(26)24-21)14-5-2-1-3-6-14/h1-3,5-6,8-9,11,13H,4,7,10,12H2,(H,24,26)/t21-/m0/s1. The van der Waals surface area contributed by atoms with Gasteiger partial charge in [0.15, 0.2) is 0 Å². The van der Waals surface area contributed by atoms with Crippen molar-refractivity contribution in [2.75, 3.05) is 0 Å². The lowest BCUT2D eigenvalue weighted by Gasteiger charge is -2.42. The first kappa shape index (κ1) is 15.8. The van der Waals surface area contributed by atoms with Crippen LogP contribution in [0, 0.1) is 0 Å². The molecule has 1 spiro atoms. The highest BCUT2D eigenvalue weighted by Gasteiger charge is 2.43. The molecule has 5 heteroatoms. The van der Waals surface area contributed by atoms with E-state index in [1.165, 1.54) is 11.1 Å². The van der Waals surface area contributed by atoms with Crippen LogP contribution in [0.5, 0.6) is 0 Å². The Bertz CT molecular complexity index is 1010. The molecule has 0 unspecified atom stereocenters. The largest absolute Gasteiger partial charge is 0.327 e. The van der Waals surface area contributed by atoms with E-state index in [9.17, 15) is 4.79 Å². The van der Waals surface area contributed by atoms with Crippen molar-refractivity contribution in [3.05, 3.63) is 76.2 Å². The van der Waals surface area contributed by atoms with Gasteiger partial charge < -0.3 is 5.32 Å². The average Bonchev–Trinajstić information content (AvgIpc) is 3.07. The summed E-state index contributed by atoms with van der Waals surface area (Å²) in [7, 11) is 0. The number of hydrogen-bond donors (Lipinski definition) is 1. The second kappa shape index (κ2) is 5.81. The van der Waals surface area contributed by atoms with Gasteiger partial charge in [-0.3, -0.25) is 4.57 Å². The second-order valence-electron chi connectivity index (χ2n) is 7.12. The van der Waals surface area contributed by atoms with Gasteiger partial charge in [-0.2, -0.15) is 0 Å². The molecule has 3 aromatic rings. The van der Waals surface area contributed by atoms with Crippen LogP contribution in [0.1, 0.15) is 29.8 Å². The molecule has 1 amide bonds. The average molecular weight is 408 g/mol. The first-order valence-corrected chi connectivity index (χ1v) is 9.69. The van der Waals surface area contributed by atoms with Gasteiger partial charge in [-0.1, -0.05) is 52.3 Å². The summed E-state index contributed by atoms with van der Waals surface area (Å²) >= 11 is 3.57. The predicted molar refractivity (Wildman–Crippen MR) is 104 cm³/mol. The smallest absolute Gasteiger partial charge is 0.327 e. The summed E-state index contributed by atoms with van der Waals surface area (Å²) in [5.74, 6) is 0.836. The van der Waals surface area contributed by atoms with Crippen molar-refractivity contribution in [1.29, 1.82) is 0 Å². The van der Waals surface area contributed by atoms with Crippen LogP contribution in [0.2, 0.25) is 0 Å². The highest BCUT2D eigenvalue weighted by molar-refractivity contribution is 9.10. The van der Waals surface area contributed by atoms with Crippen LogP contribution in [0.25, 0.3) is 11.3 Å². The summed E-state index contributed by atoms with van der Waals surface area (Å²) in [5, 5.41) is 3.30. The van der Waals surface area contributed by atoms with E-state index >= 15 is 0 Å². The number of nitrogens with zero attached hydrogens (tertiary/aromatic N) is 2. The van der Waals surface area contributed by atoms with Gasteiger partial charge in [0, 0.05) is 22.7 Å².